The van der Waals surface area contributed by atoms with E-state index in [0.29, 0.717) is 51.5 Å². The van der Waals surface area contributed by atoms with Crippen molar-refractivity contribution in [2.45, 2.75) is 6.42 Å². The van der Waals surface area contributed by atoms with Crippen LogP contribution in [0.5, 0.6) is 23.0 Å². The molecular formula is C21H21BrO6. The van der Waals surface area contributed by atoms with Crippen molar-refractivity contribution in [3.63, 3.8) is 0 Å². The van der Waals surface area contributed by atoms with Crippen molar-refractivity contribution in [3.05, 3.63) is 46.3 Å². The zero-order valence-corrected chi connectivity index (χ0v) is 17.7. The van der Waals surface area contributed by atoms with E-state index < -0.39 is 5.63 Å². The van der Waals surface area contributed by atoms with Crippen LogP contribution in [0, 0.1) is 0 Å². The van der Waals surface area contributed by atoms with E-state index in [1.807, 2.05) is 0 Å². The van der Waals surface area contributed by atoms with E-state index in [0.717, 1.165) is 10.9 Å². The van der Waals surface area contributed by atoms with Crippen LogP contribution in [0.1, 0.15) is 5.56 Å². The van der Waals surface area contributed by atoms with E-state index in [1.54, 1.807) is 58.8 Å². The second-order valence-electron chi connectivity index (χ2n) is 5.95. The Morgan fingerprint density at radius 1 is 0.893 bits per heavy atom. The Balaban J connectivity index is 2.42. The minimum atomic E-state index is -0.456. The molecule has 0 saturated carbocycles. The summed E-state index contributed by atoms with van der Waals surface area (Å²) in [6.07, 6.45) is 0.593. The molecule has 0 atom stereocenters. The highest BCUT2D eigenvalue weighted by Gasteiger charge is 2.22. The first-order valence-corrected chi connectivity index (χ1v) is 9.70. The number of hydrogen-bond acceptors (Lipinski definition) is 6. The maximum absolute atomic E-state index is 13.0. The van der Waals surface area contributed by atoms with E-state index >= 15 is 0 Å². The summed E-state index contributed by atoms with van der Waals surface area (Å²) in [5.74, 6) is 2.28. The van der Waals surface area contributed by atoms with Gasteiger partial charge in [-0.1, -0.05) is 15.9 Å². The second-order valence-corrected chi connectivity index (χ2v) is 6.74. The molecule has 3 aromatic rings. The van der Waals surface area contributed by atoms with Crippen LogP contribution in [0.15, 0.2) is 39.5 Å². The largest absolute Gasteiger partial charge is 0.497 e. The molecule has 28 heavy (non-hydrogen) atoms. The maximum atomic E-state index is 13.0. The number of aryl methyl sites for hydroxylation is 1. The molecule has 1 heterocycles. The number of hydrogen-bond donors (Lipinski definition) is 0. The van der Waals surface area contributed by atoms with Crippen LogP contribution in [0.4, 0.5) is 0 Å². The summed E-state index contributed by atoms with van der Waals surface area (Å²) in [4.78, 5) is 13.0. The van der Waals surface area contributed by atoms with Crippen molar-refractivity contribution in [2.75, 3.05) is 33.8 Å². The van der Waals surface area contributed by atoms with Crippen LogP contribution < -0.4 is 24.6 Å². The van der Waals surface area contributed by atoms with Gasteiger partial charge in [-0.25, -0.2) is 4.79 Å². The van der Waals surface area contributed by atoms with Crippen LogP contribution in [0.2, 0.25) is 0 Å². The minimum absolute atomic E-state index is 0.411. The lowest BCUT2D eigenvalue weighted by Crippen LogP contribution is -2.10. The van der Waals surface area contributed by atoms with Gasteiger partial charge in [0, 0.05) is 29.1 Å². The number of fused-ring (bicyclic) bond motifs is 1. The van der Waals surface area contributed by atoms with E-state index in [-0.39, 0.29) is 0 Å². The standard InChI is InChI=1S/C21H21BrO6/c1-24-12-5-6-14(16(9-12)26-3)19-15(7-8-22)20-17(27-4)10-13(25-2)11-18(20)28-21(19)23/h5-6,9-11H,7-8H2,1-4H3. The van der Waals surface area contributed by atoms with Gasteiger partial charge >= 0.3 is 5.63 Å². The van der Waals surface area contributed by atoms with E-state index in [4.69, 9.17) is 23.4 Å². The molecule has 0 amide bonds. The average Bonchev–Trinajstić information content (AvgIpc) is 2.72. The maximum Gasteiger partial charge on any atom is 0.344 e. The van der Waals surface area contributed by atoms with Gasteiger partial charge in [-0.05, 0) is 24.1 Å². The monoisotopic (exact) mass is 448 g/mol. The molecular weight excluding hydrogens is 428 g/mol. The molecule has 0 unspecified atom stereocenters. The predicted octanol–water partition coefficient (Wildman–Crippen LogP) is 4.43. The second kappa shape index (κ2) is 8.56. The van der Waals surface area contributed by atoms with Gasteiger partial charge in [0.2, 0.25) is 0 Å². The third-order valence-corrected chi connectivity index (χ3v) is 4.92. The van der Waals surface area contributed by atoms with Gasteiger partial charge in [-0.2, -0.15) is 0 Å². The van der Waals surface area contributed by atoms with Crippen molar-refractivity contribution < 1.29 is 23.4 Å². The average molecular weight is 449 g/mol. The fourth-order valence-corrected chi connectivity index (χ4v) is 3.64. The van der Waals surface area contributed by atoms with Crippen LogP contribution in [0.25, 0.3) is 22.1 Å². The van der Waals surface area contributed by atoms with Crippen LogP contribution >= 0.6 is 15.9 Å². The highest BCUT2D eigenvalue weighted by molar-refractivity contribution is 9.09. The van der Waals surface area contributed by atoms with Gasteiger partial charge in [0.25, 0.3) is 0 Å². The fraction of sp³-hybridized carbons (Fsp3) is 0.286. The zero-order chi connectivity index (χ0) is 20.3. The SMILES string of the molecule is COc1ccc(-c2c(CCBr)c3c(OC)cc(OC)cc3oc2=O)c(OC)c1. The summed E-state index contributed by atoms with van der Waals surface area (Å²) in [6.45, 7) is 0. The molecule has 0 aliphatic rings. The Bertz CT molecular complexity index is 1060. The lowest BCUT2D eigenvalue weighted by molar-refractivity contribution is 0.394. The minimum Gasteiger partial charge on any atom is -0.497 e. The predicted molar refractivity (Wildman–Crippen MR) is 112 cm³/mol. The molecule has 148 valence electrons. The lowest BCUT2D eigenvalue weighted by atomic mass is 9.95. The number of rotatable bonds is 7. The van der Waals surface area contributed by atoms with Crippen molar-refractivity contribution in [1.82, 2.24) is 0 Å². The number of methoxy groups -OCH3 is 4. The molecule has 0 saturated heterocycles. The van der Waals surface area contributed by atoms with E-state index in [1.165, 1.54) is 0 Å². The third kappa shape index (κ3) is 3.54. The Hall–Kier alpha value is -2.67. The number of benzene rings is 2. The summed E-state index contributed by atoms with van der Waals surface area (Å²) in [7, 11) is 6.25. The van der Waals surface area contributed by atoms with Gasteiger partial charge in [0.15, 0.2) is 0 Å². The molecule has 0 aliphatic carbocycles. The highest BCUT2D eigenvalue weighted by Crippen LogP contribution is 2.40. The Kier molecular flexibility index (Phi) is 6.14. The molecule has 0 radical (unpaired) electrons. The lowest BCUT2D eigenvalue weighted by Gasteiger charge is -2.16. The first-order valence-electron chi connectivity index (χ1n) is 8.58. The molecule has 7 heteroatoms. The van der Waals surface area contributed by atoms with Crippen LogP contribution in [-0.4, -0.2) is 33.8 Å². The molecule has 0 aliphatic heterocycles. The van der Waals surface area contributed by atoms with Crippen molar-refractivity contribution in [3.8, 4) is 34.1 Å². The molecule has 3 rings (SSSR count). The molecule has 0 N–H and O–H groups in total. The molecule has 0 fully saturated rings. The molecule has 6 nitrogen and oxygen atoms in total. The molecule has 2 aromatic carbocycles. The zero-order valence-electron chi connectivity index (χ0n) is 16.1. The van der Waals surface area contributed by atoms with Crippen LogP contribution in [-0.2, 0) is 6.42 Å². The quantitative estimate of drug-likeness (QED) is 0.393. The Morgan fingerprint density at radius 3 is 2.18 bits per heavy atom. The van der Waals surface area contributed by atoms with E-state index in [2.05, 4.69) is 15.9 Å². The number of halogens is 1. The molecule has 1 aromatic heterocycles. The van der Waals surface area contributed by atoms with Gasteiger partial charge in [-0.3, -0.25) is 0 Å². The van der Waals surface area contributed by atoms with Crippen molar-refractivity contribution >= 4 is 26.9 Å². The topological polar surface area (TPSA) is 67.1 Å². The van der Waals surface area contributed by atoms with Crippen LogP contribution in [0.3, 0.4) is 0 Å². The summed E-state index contributed by atoms with van der Waals surface area (Å²) in [6, 6.07) is 8.78. The number of alkyl halides is 1. The van der Waals surface area contributed by atoms with Gasteiger partial charge in [0.05, 0.1) is 39.4 Å². The van der Waals surface area contributed by atoms with E-state index in [9.17, 15) is 4.79 Å². The van der Waals surface area contributed by atoms with Gasteiger partial charge in [-0.15, -0.1) is 0 Å². The first kappa shape index (κ1) is 20.1. The highest BCUT2D eigenvalue weighted by atomic mass is 79.9. The summed E-state index contributed by atoms with van der Waals surface area (Å²) < 4.78 is 27.3. The Morgan fingerprint density at radius 2 is 1.57 bits per heavy atom. The summed E-state index contributed by atoms with van der Waals surface area (Å²) >= 11 is 3.49. The number of ether oxygens (including phenoxy) is 4. The normalized spacial score (nSPS) is 10.8. The Labute approximate surface area is 171 Å². The smallest absolute Gasteiger partial charge is 0.344 e. The first-order chi connectivity index (χ1) is 13.6. The fourth-order valence-electron chi connectivity index (χ4n) is 3.24. The summed E-state index contributed by atoms with van der Waals surface area (Å²) in [5, 5.41) is 1.39. The van der Waals surface area contributed by atoms with Gasteiger partial charge < -0.3 is 23.4 Å². The van der Waals surface area contributed by atoms with Crippen molar-refractivity contribution in [2.24, 2.45) is 0 Å². The molecule has 0 bridgehead atoms. The van der Waals surface area contributed by atoms with Crippen molar-refractivity contribution in [1.29, 1.82) is 0 Å². The van der Waals surface area contributed by atoms with Gasteiger partial charge in [0.1, 0.15) is 28.6 Å². The third-order valence-electron chi connectivity index (χ3n) is 4.53. The molecule has 0 spiro atoms. The summed E-state index contributed by atoms with van der Waals surface area (Å²) in [5.41, 5.74) is 1.84.